The van der Waals surface area contributed by atoms with Gasteiger partial charge < -0.3 is 10.5 Å². The van der Waals surface area contributed by atoms with Crippen molar-refractivity contribution < 1.29 is 13.2 Å². The molecular formula is C13H20N2O3S. The Kier molecular flexibility index (Phi) is 3.59. The summed E-state index contributed by atoms with van der Waals surface area (Å²) in [6, 6.07) is 4.75. The Labute approximate surface area is 114 Å². The second kappa shape index (κ2) is 4.77. The van der Waals surface area contributed by atoms with Gasteiger partial charge in [0, 0.05) is 18.2 Å². The van der Waals surface area contributed by atoms with Gasteiger partial charge >= 0.3 is 0 Å². The summed E-state index contributed by atoms with van der Waals surface area (Å²) in [4.78, 5) is 0.233. The number of hydrogen-bond donors (Lipinski definition) is 2. The SMILES string of the molecule is COc1ccc(S(=O)(=O)NC2CC2(C)C)cc1CN. The van der Waals surface area contributed by atoms with E-state index in [1.807, 2.05) is 13.8 Å². The molecule has 1 aromatic rings. The van der Waals surface area contributed by atoms with Gasteiger partial charge in [-0.15, -0.1) is 0 Å². The number of nitrogens with two attached hydrogens (primary N) is 1. The van der Waals surface area contributed by atoms with E-state index >= 15 is 0 Å². The predicted octanol–water partition coefficient (Wildman–Crippen LogP) is 1.23. The Bertz CT molecular complexity index is 582. The van der Waals surface area contributed by atoms with Crippen molar-refractivity contribution in [1.82, 2.24) is 4.72 Å². The Morgan fingerprint density at radius 1 is 1.47 bits per heavy atom. The summed E-state index contributed by atoms with van der Waals surface area (Å²) < 4.78 is 32.3. The molecular weight excluding hydrogens is 264 g/mol. The monoisotopic (exact) mass is 284 g/mol. The molecule has 6 heteroatoms. The number of benzene rings is 1. The molecule has 2 rings (SSSR count). The molecule has 0 spiro atoms. The summed E-state index contributed by atoms with van der Waals surface area (Å²) in [6.45, 7) is 4.32. The van der Waals surface area contributed by atoms with Crippen LogP contribution in [-0.2, 0) is 16.6 Å². The second-order valence-corrected chi connectivity index (χ2v) is 7.26. The zero-order valence-electron chi connectivity index (χ0n) is 11.4. The molecule has 19 heavy (non-hydrogen) atoms. The molecule has 0 amide bonds. The Morgan fingerprint density at radius 2 is 2.11 bits per heavy atom. The number of nitrogens with one attached hydrogen (secondary N) is 1. The smallest absolute Gasteiger partial charge is 0.240 e. The van der Waals surface area contributed by atoms with Crippen LogP contribution in [0.2, 0.25) is 0 Å². The quantitative estimate of drug-likeness (QED) is 0.852. The molecule has 1 aliphatic rings. The van der Waals surface area contributed by atoms with Gasteiger partial charge in [-0.3, -0.25) is 0 Å². The van der Waals surface area contributed by atoms with Crippen LogP contribution in [0.25, 0.3) is 0 Å². The van der Waals surface area contributed by atoms with Crippen LogP contribution < -0.4 is 15.2 Å². The minimum Gasteiger partial charge on any atom is -0.496 e. The van der Waals surface area contributed by atoms with E-state index in [2.05, 4.69) is 4.72 Å². The number of rotatable bonds is 5. The van der Waals surface area contributed by atoms with E-state index in [9.17, 15) is 8.42 Å². The van der Waals surface area contributed by atoms with Crippen LogP contribution in [-0.4, -0.2) is 21.6 Å². The third kappa shape index (κ3) is 2.91. The molecule has 0 aromatic heterocycles. The highest BCUT2D eigenvalue weighted by molar-refractivity contribution is 7.89. The number of sulfonamides is 1. The molecule has 106 valence electrons. The van der Waals surface area contributed by atoms with Gasteiger partial charge in [0.1, 0.15) is 5.75 Å². The molecule has 0 radical (unpaired) electrons. The zero-order valence-corrected chi connectivity index (χ0v) is 12.3. The van der Waals surface area contributed by atoms with E-state index in [0.717, 1.165) is 6.42 Å². The van der Waals surface area contributed by atoms with Crippen molar-refractivity contribution in [2.45, 2.75) is 37.8 Å². The maximum Gasteiger partial charge on any atom is 0.240 e. The first-order valence-electron chi connectivity index (χ1n) is 6.19. The molecule has 1 aliphatic carbocycles. The van der Waals surface area contributed by atoms with Gasteiger partial charge in [-0.1, -0.05) is 13.8 Å². The Morgan fingerprint density at radius 3 is 2.58 bits per heavy atom. The highest BCUT2D eigenvalue weighted by atomic mass is 32.2. The number of methoxy groups -OCH3 is 1. The fourth-order valence-electron chi connectivity index (χ4n) is 2.01. The summed E-state index contributed by atoms with van der Waals surface area (Å²) in [6.07, 6.45) is 0.867. The first kappa shape index (κ1) is 14.3. The van der Waals surface area contributed by atoms with Gasteiger partial charge in [-0.2, -0.15) is 0 Å². The molecule has 0 heterocycles. The number of ether oxygens (including phenoxy) is 1. The second-order valence-electron chi connectivity index (χ2n) is 5.54. The highest BCUT2D eigenvalue weighted by Gasteiger charge is 2.47. The Balaban J connectivity index is 2.26. The highest BCUT2D eigenvalue weighted by Crippen LogP contribution is 2.45. The maximum absolute atomic E-state index is 12.2. The van der Waals surface area contributed by atoms with Crippen molar-refractivity contribution in [3.63, 3.8) is 0 Å². The van der Waals surface area contributed by atoms with E-state index in [1.54, 1.807) is 12.1 Å². The molecule has 1 saturated carbocycles. The zero-order chi connectivity index (χ0) is 14.3. The van der Waals surface area contributed by atoms with Crippen LogP contribution in [0.5, 0.6) is 5.75 Å². The molecule has 0 bridgehead atoms. The lowest BCUT2D eigenvalue weighted by Gasteiger charge is -2.11. The fraction of sp³-hybridized carbons (Fsp3) is 0.538. The molecule has 1 fully saturated rings. The molecule has 3 N–H and O–H groups in total. The van der Waals surface area contributed by atoms with Gasteiger partial charge in [-0.05, 0) is 30.0 Å². The van der Waals surface area contributed by atoms with E-state index in [4.69, 9.17) is 10.5 Å². The van der Waals surface area contributed by atoms with Crippen molar-refractivity contribution >= 4 is 10.0 Å². The average molecular weight is 284 g/mol. The molecule has 0 aliphatic heterocycles. The summed E-state index contributed by atoms with van der Waals surface area (Å²) in [5.41, 5.74) is 6.33. The van der Waals surface area contributed by atoms with Gasteiger partial charge in [0.25, 0.3) is 0 Å². The normalized spacial score (nSPS) is 21.2. The minimum atomic E-state index is -3.49. The Hall–Kier alpha value is -1.11. The van der Waals surface area contributed by atoms with Crippen molar-refractivity contribution in [2.75, 3.05) is 7.11 Å². The summed E-state index contributed by atoms with van der Waals surface area (Å²) in [5, 5.41) is 0. The van der Waals surface area contributed by atoms with E-state index in [0.29, 0.717) is 11.3 Å². The van der Waals surface area contributed by atoms with Crippen LogP contribution in [0.15, 0.2) is 23.1 Å². The van der Waals surface area contributed by atoms with Crippen molar-refractivity contribution in [1.29, 1.82) is 0 Å². The van der Waals surface area contributed by atoms with E-state index in [-0.39, 0.29) is 22.9 Å². The third-order valence-corrected chi connectivity index (χ3v) is 5.06. The van der Waals surface area contributed by atoms with E-state index in [1.165, 1.54) is 13.2 Å². The van der Waals surface area contributed by atoms with Crippen LogP contribution in [0.1, 0.15) is 25.8 Å². The van der Waals surface area contributed by atoms with Crippen LogP contribution in [0, 0.1) is 5.41 Å². The standard InChI is InChI=1S/C13H20N2O3S/c1-13(2)7-12(13)15-19(16,17)10-4-5-11(18-3)9(6-10)8-14/h4-6,12,15H,7-8,14H2,1-3H3. The van der Waals surface area contributed by atoms with Gasteiger partial charge in [0.2, 0.25) is 10.0 Å². The lowest BCUT2D eigenvalue weighted by atomic mass is 10.2. The average Bonchev–Trinajstić information content (AvgIpc) is 2.94. The molecule has 0 saturated heterocycles. The van der Waals surface area contributed by atoms with Crippen molar-refractivity contribution in [2.24, 2.45) is 11.1 Å². The predicted molar refractivity (Wildman–Crippen MR) is 73.4 cm³/mol. The summed E-state index contributed by atoms with van der Waals surface area (Å²) in [7, 11) is -1.95. The summed E-state index contributed by atoms with van der Waals surface area (Å²) >= 11 is 0. The lowest BCUT2D eigenvalue weighted by molar-refractivity contribution is 0.409. The summed E-state index contributed by atoms with van der Waals surface area (Å²) in [5.74, 6) is 0.605. The topological polar surface area (TPSA) is 81.4 Å². The maximum atomic E-state index is 12.2. The van der Waals surface area contributed by atoms with Crippen LogP contribution >= 0.6 is 0 Å². The minimum absolute atomic E-state index is 0.0147. The first-order valence-corrected chi connectivity index (χ1v) is 7.68. The first-order chi connectivity index (χ1) is 8.80. The number of hydrogen-bond acceptors (Lipinski definition) is 4. The molecule has 1 aromatic carbocycles. The molecule has 5 nitrogen and oxygen atoms in total. The van der Waals surface area contributed by atoms with Crippen molar-refractivity contribution in [3.8, 4) is 5.75 Å². The van der Waals surface area contributed by atoms with Gasteiger partial charge in [0.05, 0.1) is 12.0 Å². The lowest BCUT2D eigenvalue weighted by Crippen LogP contribution is -2.28. The van der Waals surface area contributed by atoms with Crippen LogP contribution in [0.3, 0.4) is 0 Å². The van der Waals surface area contributed by atoms with Gasteiger partial charge in [-0.25, -0.2) is 13.1 Å². The molecule has 1 atom stereocenters. The van der Waals surface area contributed by atoms with Crippen LogP contribution in [0.4, 0.5) is 0 Å². The van der Waals surface area contributed by atoms with E-state index < -0.39 is 10.0 Å². The van der Waals surface area contributed by atoms with Crippen molar-refractivity contribution in [3.05, 3.63) is 23.8 Å². The largest absolute Gasteiger partial charge is 0.496 e. The van der Waals surface area contributed by atoms with Gasteiger partial charge in [0.15, 0.2) is 0 Å². The fourth-order valence-corrected chi connectivity index (χ4v) is 3.46. The third-order valence-electron chi connectivity index (χ3n) is 3.59. The molecule has 1 unspecified atom stereocenters.